The van der Waals surface area contributed by atoms with Crippen molar-refractivity contribution in [3.63, 3.8) is 0 Å². The third-order valence-corrected chi connectivity index (χ3v) is 8.42. The number of methoxy groups -OCH3 is 1. The Morgan fingerprint density at radius 3 is 2.24 bits per heavy atom. The number of carboxylic acids is 2. The Morgan fingerprint density at radius 2 is 1.64 bits per heavy atom. The topological polar surface area (TPSA) is 240 Å². The lowest BCUT2D eigenvalue weighted by Gasteiger charge is -2.31. The van der Waals surface area contributed by atoms with Gasteiger partial charge in [0.25, 0.3) is 11.8 Å². The van der Waals surface area contributed by atoms with E-state index < -0.39 is 60.1 Å². The van der Waals surface area contributed by atoms with E-state index in [0.717, 1.165) is 17.9 Å². The molecule has 3 atom stereocenters. The van der Waals surface area contributed by atoms with Gasteiger partial charge in [-0.25, -0.2) is 9.59 Å². The Labute approximate surface area is 317 Å². The number of benzene rings is 2. The Hall–Kier alpha value is -6.39. The van der Waals surface area contributed by atoms with E-state index in [0.29, 0.717) is 30.6 Å². The van der Waals surface area contributed by atoms with Crippen molar-refractivity contribution in [2.75, 3.05) is 20.4 Å². The monoisotopic (exact) mass is 766 g/mol. The maximum atomic E-state index is 13.5. The molecule has 0 aliphatic rings. The van der Waals surface area contributed by atoms with Gasteiger partial charge in [0.1, 0.15) is 23.3 Å². The molecule has 4 amide bonds. The van der Waals surface area contributed by atoms with Crippen molar-refractivity contribution >= 4 is 42.0 Å². The summed E-state index contributed by atoms with van der Waals surface area (Å²) in [6.07, 6.45) is 2.56. The zero-order valence-electron chi connectivity index (χ0n) is 31.0. The molecule has 0 radical (unpaired) electrons. The van der Waals surface area contributed by atoms with E-state index in [4.69, 9.17) is 23.8 Å². The zero-order valence-corrected chi connectivity index (χ0v) is 31.0. The van der Waals surface area contributed by atoms with Gasteiger partial charge < -0.3 is 44.9 Å². The van der Waals surface area contributed by atoms with Crippen molar-refractivity contribution in [1.82, 2.24) is 21.0 Å². The number of nitrogens with zero attached hydrogens (tertiary/aromatic N) is 1. The molecule has 55 heavy (non-hydrogen) atoms. The molecule has 2 aromatic carbocycles. The first-order valence-electron chi connectivity index (χ1n) is 17.7. The fraction of sp³-hybridized carbons (Fsp3) is 0.395. The second-order valence-corrected chi connectivity index (χ2v) is 12.1. The number of rotatable bonds is 23. The molecule has 0 bridgehead atoms. The molecule has 0 aliphatic carbocycles. The summed E-state index contributed by atoms with van der Waals surface area (Å²) in [7, 11) is 1.49. The van der Waals surface area contributed by atoms with Gasteiger partial charge in [-0.3, -0.25) is 24.0 Å². The van der Waals surface area contributed by atoms with Crippen molar-refractivity contribution < 1.29 is 62.5 Å². The summed E-state index contributed by atoms with van der Waals surface area (Å²) in [5.74, 6) is -5.79. The van der Waals surface area contributed by atoms with Crippen LogP contribution < -0.4 is 25.4 Å². The number of furan rings is 1. The molecule has 17 nitrogen and oxygen atoms in total. The smallest absolute Gasteiger partial charge is 0.363 e. The number of hydrogen-bond acceptors (Lipinski definition) is 11. The molecule has 0 spiro atoms. The lowest BCUT2D eigenvalue weighted by molar-refractivity contribution is -0.171. The minimum absolute atomic E-state index is 0.0486. The predicted molar refractivity (Wildman–Crippen MR) is 195 cm³/mol. The number of carboxylic acid groups (broad SMARTS) is 2. The fourth-order valence-electron chi connectivity index (χ4n) is 5.59. The van der Waals surface area contributed by atoms with Gasteiger partial charge in [0.15, 0.2) is 5.76 Å². The average Bonchev–Trinajstić information content (AvgIpc) is 3.67. The molecule has 1 heterocycles. The molecule has 17 heteroatoms. The summed E-state index contributed by atoms with van der Waals surface area (Å²) in [6.45, 7) is 5.28. The number of carbonyl (C=O) groups is 7. The standard InChI is InChI=1S/C38H46N4O13/c1-5-8-9-10-26(29(6-2)42(22-43)55-38(51)23-11-14-25(52-4)15-12-23)34(46)39-21-40-36(48)31-18-17-30(54-31)24-13-16-27(32(19-24)53-7-3)35(47)41-28(37(49)50)20-33(44)45/h11-19,22,26,28-29H,5-10,20-21H2,1-4H3,(H,39,46)(H,40,48)(H,41,47)(H,44,45)(H,49,50)/t26-,28?,29-/m1/s1. The minimum atomic E-state index is -1.67. The van der Waals surface area contributed by atoms with Gasteiger partial charge in [0.05, 0.1) is 49.9 Å². The van der Waals surface area contributed by atoms with Crippen LogP contribution in [0.4, 0.5) is 0 Å². The molecule has 0 fully saturated rings. The van der Waals surface area contributed by atoms with Crippen molar-refractivity contribution in [2.24, 2.45) is 5.92 Å². The molecule has 5 N–H and O–H groups in total. The highest BCUT2D eigenvalue weighted by molar-refractivity contribution is 6.00. The Morgan fingerprint density at radius 1 is 0.909 bits per heavy atom. The van der Waals surface area contributed by atoms with Crippen LogP contribution in [0.3, 0.4) is 0 Å². The van der Waals surface area contributed by atoms with Crippen LogP contribution in [0.2, 0.25) is 0 Å². The molecule has 1 unspecified atom stereocenters. The first-order valence-corrected chi connectivity index (χ1v) is 17.7. The Bertz CT molecular complexity index is 1810. The van der Waals surface area contributed by atoms with E-state index >= 15 is 0 Å². The second-order valence-electron chi connectivity index (χ2n) is 12.1. The third kappa shape index (κ3) is 12.3. The maximum absolute atomic E-state index is 13.5. The largest absolute Gasteiger partial charge is 0.497 e. The number of nitrogens with one attached hydrogen (secondary N) is 3. The van der Waals surface area contributed by atoms with E-state index in [1.807, 2.05) is 6.92 Å². The molecule has 296 valence electrons. The lowest BCUT2D eigenvalue weighted by atomic mass is 9.90. The van der Waals surface area contributed by atoms with Crippen molar-refractivity contribution in [1.29, 1.82) is 0 Å². The maximum Gasteiger partial charge on any atom is 0.363 e. The summed E-state index contributed by atoms with van der Waals surface area (Å²) in [5.41, 5.74) is 0.533. The summed E-state index contributed by atoms with van der Waals surface area (Å²) < 4.78 is 16.4. The second kappa shape index (κ2) is 21.3. The normalized spacial score (nSPS) is 12.3. The zero-order chi connectivity index (χ0) is 40.5. The minimum Gasteiger partial charge on any atom is -0.497 e. The number of carbonyl (C=O) groups excluding carboxylic acids is 5. The van der Waals surface area contributed by atoms with E-state index in [2.05, 4.69) is 16.0 Å². The molecule has 0 saturated heterocycles. The van der Waals surface area contributed by atoms with Crippen molar-refractivity contribution in [3.05, 3.63) is 71.5 Å². The van der Waals surface area contributed by atoms with E-state index in [-0.39, 0.29) is 48.1 Å². The van der Waals surface area contributed by atoms with Crippen molar-refractivity contribution in [2.45, 2.75) is 71.4 Å². The molecular formula is C38H46N4O13. The molecule has 0 aliphatic heterocycles. The fourth-order valence-corrected chi connectivity index (χ4v) is 5.59. The number of hydrogen-bond donors (Lipinski definition) is 5. The highest BCUT2D eigenvalue weighted by Crippen LogP contribution is 2.29. The predicted octanol–water partition coefficient (Wildman–Crippen LogP) is 4.02. The molecule has 0 saturated carbocycles. The Kier molecular flexibility index (Phi) is 16.7. The van der Waals surface area contributed by atoms with Crippen LogP contribution in [0.5, 0.6) is 11.5 Å². The van der Waals surface area contributed by atoms with E-state index in [1.54, 1.807) is 26.0 Å². The molecule has 3 rings (SSSR count). The van der Waals surface area contributed by atoms with Gasteiger partial charge in [0.2, 0.25) is 12.3 Å². The molecule has 3 aromatic rings. The van der Waals surface area contributed by atoms with Crippen LogP contribution in [0, 0.1) is 5.92 Å². The SMILES string of the molecule is CCCCC[C@@H](C(=O)NCNC(=O)c1ccc(-c2ccc(C(=O)NC(CC(=O)O)C(=O)O)c(OCC)c2)o1)[C@@H](CC)N(C=O)OC(=O)c1ccc(OC)cc1. The Balaban J connectivity index is 1.69. The average molecular weight is 767 g/mol. The summed E-state index contributed by atoms with van der Waals surface area (Å²) in [6, 6.07) is 10.8. The first-order chi connectivity index (χ1) is 26.4. The highest BCUT2D eigenvalue weighted by atomic mass is 16.7. The van der Waals surface area contributed by atoms with Crippen LogP contribution in [0.1, 0.15) is 90.6 Å². The summed E-state index contributed by atoms with van der Waals surface area (Å²) in [5, 5.41) is 26.6. The van der Waals surface area contributed by atoms with E-state index in [1.165, 1.54) is 49.6 Å². The molecular weight excluding hydrogens is 720 g/mol. The number of unbranched alkanes of at least 4 members (excludes halogenated alkanes) is 2. The van der Waals surface area contributed by atoms with Crippen LogP contribution in [0.25, 0.3) is 11.3 Å². The van der Waals surface area contributed by atoms with Gasteiger partial charge in [0, 0.05) is 5.56 Å². The van der Waals surface area contributed by atoms with E-state index in [9.17, 15) is 38.7 Å². The number of aliphatic carboxylic acids is 2. The number of amides is 4. The van der Waals surface area contributed by atoms with Crippen LogP contribution in [-0.4, -0.2) is 89.8 Å². The summed E-state index contributed by atoms with van der Waals surface area (Å²) in [4.78, 5) is 92.3. The van der Waals surface area contributed by atoms with Gasteiger partial charge >= 0.3 is 17.9 Å². The molecule has 1 aromatic heterocycles. The lowest BCUT2D eigenvalue weighted by Crippen LogP contribution is -2.49. The van der Waals surface area contributed by atoms with Crippen molar-refractivity contribution in [3.8, 4) is 22.8 Å². The first kappa shape index (κ1) is 43.0. The highest BCUT2D eigenvalue weighted by Gasteiger charge is 2.34. The number of hydroxylamine groups is 2. The van der Waals surface area contributed by atoms with Crippen LogP contribution in [-0.2, 0) is 24.0 Å². The van der Waals surface area contributed by atoms with Crippen LogP contribution >= 0.6 is 0 Å². The van der Waals surface area contributed by atoms with Gasteiger partial charge in [-0.05, 0) is 68.3 Å². The number of ether oxygens (including phenoxy) is 2. The third-order valence-electron chi connectivity index (χ3n) is 8.42. The quantitative estimate of drug-likeness (QED) is 0.0397. The summed E-state index contributed by atoms with van der Waals surface area (Å²) >= 11 is 0. The van der Waals surface area contributed by atoms with Gasteiger partial charge in [-0.15, -0.1) is 0 Å². The van der Waals surface area contributed by atoms with Gasteiger partial charge in [-0.1, -0.05) is 39.2 Å². The van der Waals surface area contributed by atoms with Gasteiger partial charge in [-0.2, -0.15) is 5.06 Å². The van der Waals surface area contributed by atoms with Crippen LogP contribution in [0.15, 0.2) is 59.0 Å².